The van der Waals surface area contributed by atoms with Crippen molar-refractivity contribution in [1.29, 1.82) is 5.26 Å². The van der Waals surface area contributed by atoms with Crippen molar-refractivity contribution in [1.82, 2.24) is 0 Å². The number of hydrogen-bond donors (Lipinski definition) is 0. The van der Waals surface area contributed by atoms with Gasteiger partial charge < -0.3 is 4.74 Å². The van der Waals surface area contributed by atoms with Crippen LogP contribution in [-0.2, 0) is 6.11 Å². The fourth-order valence-electron chi connectivity index (χ4n) is 3.74. The van der Waals surface area contributed by atoms with Crippen LogP contribution in [0.5, 0.6) is 5.75 Å². The van der Waals surface area contributed by atoms with E-state index in [0.717, 1.165) is 36.4 Å². The largest absolute Gasteiger partial charge is 0.432 e. The molecule has 4 aromatic rings. The molecule has 0 aliphatic rings. The summed E-state index contributed by atoms with van der Waals surface area (Å²) in [5, 5.41) is 8.78. The molecule has 0 bridgehead atoms. The lowest BCUT2D eigenvalue weighted by molar-refractivity contribution is -0.189. The Labute approximate surface area is 205 Å². The van der Waals surface area contributed by atoms with Crippen molar-refractivity contribution >= 4 is 0 Å². The first-order valence-corrected chi connectivity index (χ1v) is 10.4. The molecule has 188 valence electrons. The van der Waals surface area contributed by atoms with Crippen molar-refractivity contribution in [2.45, 2.75) is 13.0 Å². The molecule has 0 spiro atoms. The molecule has 0 saturated heterocycles. The van der Waals surface area contributed by atoms with Gasteiger partial charge in [0.25, 0.3) is 0 Å². The second-order valence-electron chi connectivity index (χ2n) is 7.99. The molecule has 0 atom stereocenters. The zero-order valence-corrected chi connectivity index (χ0v) is 18.7. The highest BCUT2D eigenvalue weighted by Gasteiger charge is 2.41. The number of ether oxygens (including phenoxy) is 1. The molecule has 0 unspecified atom stereocenters. The molecule has 0 N–H and O–H groups in total. The molecule has 4 aromatic carbocycles. The van der Waals surface area contributed by atoms with Crippen molar-refractivity contribution in [2.75, 3.05) is 0 Å². The van der Waals surface area contributed by atoms with E-state index >= 15 is 0 Å². The zero-order chi connectivity index (χ0) is 27.1. The van der Waals surface area contributed by atoms with E-state index in [4.69, 9.17) is 5.26 Å². The van der Waals surface area contributed by atoms with Gasteiger partial charge in [0.1, 0.15) is 52.3 Å². The molecule has 4 rings (SSSR count). The number of benzene rings is 4. The Bertz CT molecular complexity index is 1530. The Morgan fingerprint density at radius 1 is 0.676 bits per heavy atom. The Morgan fingerprint density at radius 2 is 1.27 bits per heavy atom. The number of halogens is 8. The molecular formula is C27H13F8NO. The normalized spacial score (nSPS) is 11.4. The molecule has 0 aromatic heterocycles. The highest BCUT2D eigenvalue weighted by atomic mass is 19.3. The molecule has 37 heavy (non-hydrogen) atoms. The molecule has 10 heteroatoms. The molecule has 0 amide bonds. The van der Waals surface area contributed by atoms with Crippen LogP contribution in [0.4, 0.5) is 35.1 Å². The lowest BCUT2D eigenvalue weighted by atomic mass is 10.00. The molecule has 0 aliphatic carbocycles. The van der Waals surface area contributed by atoms with Gasteiger partial charge in [-0.15, -0.1) is 0 Å². The van der Waals surface area contributed by atoms with E-state index in [1.54, 1.807) is 6.07 Å². The summed E-state index contributed by atoms with van der Waals surface area (Å²) in [6.45, 7) is 1.39. The van der Waals surface area contributed by atoms with E-state index in [2.05, 4.69) is 4.74 Å². The SMILES string of the molecule is Cc1cc(F)c(-c2cc(F)c(C(F)(F)Oc3ccc(-c4ccc(C#N)c(F)c4)c(F)c3)c(F)c2)c(F)c1. The number of hydrogen-bond acceptors (Lipinski definition) is 2. The van der Waals surface area contributed by atoms with Crippen molar-refractivity contribution < 1.29 is 39.9 Å². The Balaban J connectivity index is 1.66. The molecule has 0 saturated carbocycles. The minimum absolute atomic E-state index is 0.00411. The van der Waals surface area contributed by atoms with Crippen LogP contribution < -0.4 is 4.74 Å². The van der Waals surface area contributed by atoms with Crippen molar-refractivity contribution in [3.8, 4) is 34.1 Å². The molecule has 2 nitrogen and oxygen atoms in total. The fraction of sp³-hybridized carbons (Fsp3) is 0.0741. The van der Waals surface area contributed by atoms with Crippen molar-refractivity contribution in [3.63, 3.8) is 0 Å². The predicted octanol–water partition coefficient (Wildman–Crippen LogP) is 8.16. The van der Waals surface area contributed by atoms with Crippen molar-refractivity contribution in [2.24, 2.45) is 0 Å². The van der Waals surface area contributed by atoms with Gasteiger partial charge in [-0.3, -0.25) is 0 Å². The van der Waals surface area contributed by atoms with E-state index < -0.39 is 63.5 Å². The number of aryl methyl sites for hydroxylation is 1. The zero-order valence-electron chi connectivity index (χ0n) is 18.7. The standard InChI is InChI=1S/C27H13F8NO/c1-13-6-21(30)25(22(31)7-13)16-9-23(32)26(24(33)10-16)27(34,35)37-17-4-5-18(20(29)11-17)14-2-3-15(12-36)19(28)8-14/h2-11H,1H3. The maximum atomic E-state index is 14.7. The Kier molecular flexibility index (Phi) is 6.65. The van der Waals surface area contributed by atoms with Gasteiger partial charge in [0.05, 0.1) is 11.1 Å². The van der Waals surface area contributed by atoms with Gasteiger partial charge in [-0.1, -0.05) is 6.07 Å². The van der Waals surface area contributed by atoms with Crippen molar-refractivity contribution in [3.05, 3.63) is 112 Å². The van der Waals surface area contributed by atoms with Crippen LogP contribution in [-0.4, -0.2) is 0 Å². The molecule has 0 radical (unpaired) electrons. The quantitative estimate of drug-likeness (QED) is 0.249. The molecule has 0 heterocycles. The summed E-state index contributed by atoms with van der Waals surface area (Å²) in [6.07, 6.45) is -4.66. The minimum Gasteiger partial charge on any atom is -0.429 e. The van der Waals surface area contributed by atoms with Gasteiger partial charge >= 0.3 is 6.11 Å². The fourth-order valence-corrected chi connectivity index (χ4v) is 3.74. The van der Waals surface area contributed by atoms with Crippen LogP contribution >= 0.6 is 0 Å². The summed E-state index contributed by atoms with van der Waals surface area (Å²) < 4.78 is 120. The first-order chi connectivity index (χ1) is 17.4. The number of nitrogens with zero attached hydrogens (tertiary/aromatic N) is 1. The van der Waals surface area contributed by atoms with E-state index in [9.17, 15) is 35.1 Å². The summed E-state index contributed by atoms with van der Waals surface area (Å²) in [7, 11) is 0. The molecular weight excluding hydrogens is 506 g/mol. The topological polar surface area (TPSA) is 33.0 Å². The third-order valence-electron chi connectivity index (χ3n) is 5.40. The number of nitriles is 1. The number of alkyl halides is 2. The van der Waals surface area contributed by atoms with E-state index in [1.807, 2.05) is 0 Å². The maximum Gasteiger partial charge on any atom is 0.432 e. The third kappa shape index (κ3) is 4.98. The first kappa shape index (κ1) is 25.7. The van der Waals surface area contributed by atoms with Crippen LogP contribution in [0.1, 0.15) is 16.7 Å². The van der Waals surface area contributed by atoms with Crippen LogP contribution in [0.2, 0.25) is 0 Å². The highest BCUT2D eigenvalue weighted by Crippen LogP contribution is 2.39. The monoisotopic (exact) mass is 519 g/mol. The van der Waals surface area contributed by atoms with Gasteiger partial charge in [0.2, 0.25) is 0 Å². The van der Waals surface area contributed by atoms with Gasteiger partial charge in [-0.05, 0) is 72.1 Å². The Hall–Kier alpha value is -4.39. The Morgan fingerprint density at radius 3 is 1.81 bits per heavy atom. The average molecular weight is 519 g/mol. The summed E-state index contributed by atoms with van der Waals surface area (Å²) in [5.74, 6) is -8.88. The third-order valence-corrected chi connectivity index (χ3v) is 5.40. The second-order valence-corrected chi connectivity index (χ2v) is 7.99. The van der Waals surface area contributed by atoms with E-state index in [0.29, 0.717) is 18.2 Å². The lowest BCUT2D eigenvalue weighted by Crippen LogP contribution is -2.25. The summed E-state index contributed by atoms with van der Waals surface area (Å²) in [4.78, 5) is 0. The summed E-state index contributed by atoms with van der Waals surface area (Å²) >= 11 is 0. The van der Waals surface area contributed by atoms with E-state index in [1.165, 1.54) is 13.0 Å². The van der Waals surface area contributed by atoms with Crippen LogP contribution in [0.3, 0.4) is 0 Å². The van der Waals surface area contributed by atoms with E-state index in [-0.39, 0.29) is 22.3 Å². The smallest absolute Gasteiger partial charge is 0.429 e. The van der Waals surface area contributed by atoms with Crippen LogP contribution in [0.25, 0.3) is 22.3 Å². The van der Waals surface area contributed by atoms with Gasteiger partial charge in [-0.2, -0.15) is 14.0 Å². The predicted molar refractivity (Wildman–Crippen MR) is 117 cm³/mol. The van der Waals surface area contributed by atoms with Crippen LogP contribution in [0.15, 0.2) is 60.7 Å². The molecule has 0 fully saturated rings. The second kappa shape index (κ2) is 9.58. The minimum atomic E-state index is -4.66. The van der Waals surface area contributed by atoms with Gasteiger partial charge in [0, 0.05) is 11.6 Å². The van der Waals surface area contributed by atoms with Crippen LogP contribution in [0, 0.1) is 53.2 Å². The highest BCUT2D eigenvalue weighted by molar-refractivity contribution is 5.67. The maximum absolute atomic E-state index is 14.7. The molecule has 0 aliphatic heterocycles. The first-order valence-electron chi connectivity index (χ1n) is 10.4. The summed E-state index contributed by atoms with van der Waals surface area (Å²) in [6, 6.07) is 9.62. The van der Waals surface area contributed by atoms with Gasteiger partial charge in [0.15, 0.2) is 0 Å². The summed E-state index contributed by atoms with van der Waals surface area (Å²) in [5.41, 5.74) is -3.64. The number of rotatable bonds is 5. The lowest BCUT2D eigenvalue weighted by Gasteiger charge is -2.20. The average Bonchev–Trinajstić information content (AvgIpc) is 2.77. The van der Waals surface area contributed by atoms with Gasteiger partial charge in [-0.25, -0.2) is 26.3 Å².